The second-order valence-electron chi connectivity index (χ2n) is 5.26. The summed E-state index contributed by atoms with van der Waals surface area (Å²) in [4.78, 5) is 25.2. The second-order valence-corrected chi connectivity index (χ2v) is 5.26. The molecule has 1 aliphatic heterocycles. The number of halogens is 1. The number of nitrogens with zero attached hydrogens (tertiary/aromatic N) is 1. The molecule has 0 bridgehead atoms. The van der Waals surface area contributed by atoms with E-state index in [2.05, 4.69) is 5.32 Å². The van der Waals surface area contributed by atoms with Gasteiger partial charge in [0.05, 0.1) is 24.6 Å². The summed E-state index contributed by atoms with van der Waals surface area (Å²) in [6.45, 7) is 2.09. The van der Waals surface area contributed by atoms with Gasteiger partial charge in [-0.15, -0.1) is 0 Å². The SMILES string of the molecule is COc1cccc(F)c1[C@H](C)NC(=O)[C@@H]1CC(=O)N(C)C1. The van der Waals surface area contributed by atoms with E-state index >= 15 is 0 Å². The van der Waals surface area contributed by atoms with Crippen molar-refractivity contribution in [2.24, 2.45) is 5.92 Å². The van der Waals surface area contributed by atoms with Gasteiger partial charge in [-0.25, -0.2) is 4.39 Å². The van der Waals surface area contributed by atoms with Crippen molar-refractivity contribution >= 4 is 11.8 Å². The monoisotopic (exact) mass is 294 g/mol. The highest BCUT2D eigenvalue weighted by atomic mass is 19.1. The average molecular weight is 294 g/mol. The van der Waals surface area contributed by atoms with Gasteiger partial charge >= 0.3 is 0 Å². The van der Waals surface area contributed by atoms with Gasteiger partial charge in [-0.05, 0) is 19.1 Å². The van der Waals surface area contributed by atoms with Crippen LogP contribution in [0.5, 0.6) is 5.75 Å². The van der Waals surface area contributed by atoms with Gasteiger partial charge in [0.25, 0.3) is 0 Å². The van der Waals surface area contributed by atoms with Crippen LogP contribution in [0.3, 0.4) is 0 Å². The fourth-order valence-electron chi connectivity index (χ4n) is 2.56. The lowest BCUT2D eigenvalue weighted by Gasteiger charge is -2.19. The van der Waals surface area contributed by atoms with Crippen LogP contribution in [0, 0.1) is 11.7 Å². The van der Waals surface area contributed by atoms with E-state index in [1.807, 2.05) is 0 Å². The minimum atomic E-state index is -0.533. The molecule has 0 spiro atoms. The zero-order valence-corrected chi connectivity index (χ0v) is 12.4. The number of hydrogen-bond acceptors (Lipinski definition) is 3. The highest BCUT2D eigenvalue weighted by Gasteiger charge is 2.33. The van der Waals surface area contributed by atoms with Crippen LogP contribution in [0.25, 0.3) is 0 Å². The summed E-state index contributed by atoms with van der Waals surface area (Å²) in [5.41, 5.74) is 0.311. The molecule has 2 rings (SSSR count). The Morgan fingerprint density at radius 1 is 1.52 bits per heavy atom. The summed E-state index contributed by atoms with van der Waals surface area (Å²) in [6, 6.07) is 3.99. The number of carbonyl (C=O) groups excluding carboxylic acids is 2. The number of hydrogen-bond donors (Lipinski definition) is 1. The van der Waals surface area contributed by atoms with Crippen molar-refractivity contribution in [3.8, 4) is 5.75 Å². The molecule has 0 unspecified atom stereocenters. The molecule has 1 aliphatic rings. The Labute approximate surface area is 123 Å². The molecular formula is C15H19FN2O3. The molecule has 21 heavy (non-hydrogen) atoms. The third-order valence-corrected chi connectivity index (χ3v) is 3.74. The first-order valence-electron chi connectivity index (χ1n) is 6.80. The molecule has 0 radical (unpaired) electrons. The van der Waals surface area contributed by atoms with Crippen molar-refractivity contribution in [3.63, 3.8) is 0 Å². The van der Waals surface area contributed by atoms with Crippen LogP contribution in [-0.4, -0.2) is 37.4 Å². The van der Waals surface area contributed by atoms with Crippen LogP contribution in [-0.2, 0) is 9.59 Å². The number of nitrogens with one attached hydrogen (secondary N) is 1. The molecule has 114 valence electrons. The van der Waals surface area contributed by atoms with Crippen molar-refractivity contribution in [2.75, 3.05) is 20.7 Å². The van der Waals surface area contributed by atoms with Gasteiger partial charge in [-0.3, -0.25) is 9.59 Å². The maximum Gasteiger partial charge on any atom is 0.225 e. The minimum Gasteiger partial charge on any atom is -0.496 e. The molecule has 1 saturated heterocycles. The quantitative estimate of drug-likeness (QED) is 0.915. The first-order valence-corrected chi connectivity index (χ1v) is 6.80. The van der Waals surface area contributed by atoms with Gasteiger partial charge in [-0.1, -0.05) is 6.07 Å². The molecule has 1 aromatic rings. The second kappa shape index (κ2) is 6.11. The summed E-state index contributed by atoms with van der Waals surface area (Å²) in [5, 5.41) is 2.76. The summed E-state index contributed by atoms with van der Waals surface area (Å²) in [6.07, 6.45) is 0.198. The largest absolute Gasteiger partial charge is 0.496 e. The van der Waals surface area contributed by atoms with E-state index in [4.69, 9.17) is 4.74 Å². The third kappa shape index (κ3) is 3.15. The highest BCUT2D eigenvalue weighted by Crippen LogP contribution is 2.28. The zero-order chi connectivity index (χ0) is 15.6. The lowest BCUT2D eigenvalue weighted by molar-refractivity contribution is -0.128. The molecule has 2 atom stereocenters. The number of carbonyl (C=O) groups is 2. The van der Waals surface area contributed by atoms with Crippen LogP contribution in [0.2, 0.25) is 0 Å². The molecule has 0 saturated carbocycles. The van der Waals surface area contributed by atoms with E-state index < -0.39 is 11.9 Å². The Bertz CT molecular complexity index is 562. The van der Waals surface area contributed by atoms with Gasteiger partial charge in [0.2, 0.25) is 11.8 Å². The molecular weight excluding hydrogens is 275 g/mol. The van der Waals surface area contributed by atoms with E-state index in [1.54, 1.807) is 26.1 Å². The summed E-state index contributed by atoms with van der Waals surface area (Å²) < 4.78 is 19.1. The van der Waals surface area contributed by atoms with Crippen LogP contribution >= 0.6 is 0 Å². The van der Waals surface area contributed by atoms with Crippen molar-refractivity contribution in [2.45, 2.75) is 19.4 Å². The number of likely N-dealkylation sites (tertiary alicyclic amines) is 1. The van der Waals surface area contributed by atoms with Crippen LogP contribution in [0.1, 0.15) is 24.9 Å². The topological polar surface area (TPSA) is 58.6 Å². The number of methoxy groups -OCH3 is 1. The van der Waals surface area contributed by atoms with Crippen molar-refractivity contribution in [1.82, 2.24) is 10.2 Å². The highest BCUT2D eigenvalue weighted by molar-refractivity contribution is 5.89. The number of benzene rings is 1. The lowest BCUT2D eigenvalue weighted by atomic mass is 10.0. The Hall–Kier alpha value is -2.11. The van der Waals surface area contributed by atoms with Crippen molar-refractivity contribution in [3.05, 3.63) is 29.6 Å². The molecule has 1 heterocycles. The van der Waals surface area contributed by atoms with Gasteiger partial charge in [-0.2, -0.15) is 0 Å². The Balaban J connectivity index is 2.10. The van der Waals surface area contributed by atoms with E-state index in [1.165, 1.54) is 18.1 Å². The minimum absolute atomic E-state index is 0.0497. The fraction of sp³-hybridized carbons (Fsp3) is 0.467. The average Bonchev–Trinajstić information content (AvgIpc) is 2.78. The van der Waals surface area contributed by atoms with Crippen molar-refractivity contribution in [1.29, 1.82) is 0 Å². The Morgan fingerprint density at radius 2 is 2.24 bits per heavy atom. The first-order chi connectivity index (χ1) is 9.93. The van der Waals surface area contributed by atoms with Crippen molar-refractivity contribution < 1.29 is 18.7 Å². The lowest BCUT2D eigenvalue weighted by Crippen LogP contribution is -2.34. The number of ether oxygens (including phenoxy) is 1. The fourth-order valence-corrected chi connectivity index (χ4v) is 2.56. The Kier molecular flexibility index (Phi) is 4.45. The maximum atomic E-state index is 13.9. The molecule has 1 aromatic carbocycles. The zero-order valence-electron chi connectivity index (χ0n) is 12.4. The molecule has 5 nitrogen and oxygen atoms in total. The maximum absolute atomic E-state index is 13.9. The molecule has 0 aliphatic carbocycles. The van der Waals surface area contributed by atoms with E-state index in [0.29, 0.717) is 17.9 Å². The molecule has 1 N–H and O–H groups in total. The predicted octanol–water partition coefficient (Wildman–Crippen LogP) is 1.49. The standard InChI is InChI=1S/C15H19FN2O3/c1-9(14-11(16)5-4-6-12(14)21-3)17-15(20)10-7-13(19)18(2)8-10/h4-6,9-10H,7-8H2,1-3H3,(H,17,20)/t9-,10+/m0/s1. The summed E-state index contributed by atoms with van der Waals surface area (Å²) >= 11 is 0. The molecule has 2 amide bonds. The number of amides is 2. The van der Waals surface area contributed by atoms with E-state index in [0.717, 1.165) is 0 Å². The van der Waals surface area contributed by atoms with Crippen LogP contribution in [0.4, 0.5) is 4.39 Å². The van der Waals surface area contributed by atoms with Crippen LogP contribution < -0.4 is 10.1 Å². The summed E-state index contributed by atoms with van der Waals surface area (Å²) in [7, 11) is 3.12. The smallest absolute Gasteiger partial charge is 0.225 e. The first kappa shape index (κ1) is 15.3. The number of rotatable bonds is 4. The molecule has 1 fully saturated rings. The van der Waals surface area contributed by atoms with E-state index in [9.17, 15) is 14.0 Å². The molecule has 0 aromatic heterocycles. The molecule has 6 heteroatoms. The van der Waals surface area contributed by atoms with Gasteiger partial charge in [0, 0.05) is 20.0 Å². The van der Waals surface area contributed by atoms with E-state index in [-0.39, 0.29) is 24.2 Å². The predicted molar refractivity (Wildman–Crippen MR) is 75.3 cm³/mol. The Morgan fingerprint density at radius 3 is 2.81 bits per heavy atom. The normalized spacial score (nSPS) is 19.5. The summed E-state index contributed by atoms with van der Waals surface area (Å²) in [5.74, 6) is -0.719. The van der Waals surface area contributed by atoms with Gasteiger partial charge < -0.3 is 15.0 Å². The van der Waals surface area contributed by atoms with Gasteiger partial charge in [0.1, 0.15) is 11.6 Å². The third-order valence-electron chi connectivity index (χ3n) is 3.74. The van der Waals surface area contributed by atoms with Crippen LogP contribution in [0.15, 0.2) is 18.2 Å². The van der Waals surface area contributed by atoms with Gasteiger partial charge in [0.15, 0.2) is 0 Å².